The summed E-state index contributed by atoms with van der Waals surface area (Å²) in [6.45, 7) is 22.5. The molecule has 0 aromatic heterocycles. The molecule has 8 nitrogen and oxygen atoms in total. The summed E-state index contributed by atoms with van der Waals surface area (Å²) in [5.74, 6) is -1.22. The van der Waals surface area contributed by atoms with Gasteiger partial charge < -0.3 is 20.7 Å². The zero-order valence-electron chi connectivity index (χ0n) is 34.8. The molecule has 3 N–H and O–H groups in total. The number of hydrogen-bond donors (Lipinski definition) is 3. The second-order valence-corrected chi connectivity index (χ2v) is 13.8. The maximum absolute atomic E-state index is 13.3. The van der Waals surface area contributed by atoms with Crippen molar-refractivity contribution in [1.29, 1.82) is 0 Å². The molecular weight excluding hydrogens is 702 g/mol. The largest absolute Gasteiger partial charge is 0.497 e. The van der Waals surface area contributed by atoms with Gasteiger partial charge in [-0.2, -0.15) is 0 Å². The molecule has 2 amide bonds. The normalized spacial score (nSPS) is 10.1. The Kier molecular flexibility index (Phi) is 38.6. The number of nitrogens with one attached hydrogen (secondary N) is 3. The van der Waals surface area contributed by atoms with Crippen molar-refractivity contribution in [3.8, 4) is 31.4 Å². The zero-order chi connectivity index (χ0) is 42.5. The van der Waals surface area contributed by atoms with E-state index in [1.165, 1.54) is 24.3 Å². The average molecular weight is 772 g/mol. The van der Waals surface area contributed by atoms with E-state index in [9.17, 15) is 22.4 Å². The number of methoxy groups -OCH3 is 1. The first kappa shape index (κ1) is 56.4. The van der Waals surface area contributed by atoms with Crippen LogP contribution in [0.3, 0.4) is 0 Å². The average Bonchev–Trinajstić information content (AvgIpc) is 3.18. The first-order chi connectivity index (χ1) is 25.9. The molecule has 0 heterocycles. The fraction of sp³-hybridized carbons (Fsp3) is 0.500. The minimum absolute atomic E-state index is 0.320. The van der Waals surface area contributed by atoms with Crippen molar-refractivity contribution in [1.82, 2.24) is 16.0 Å². The summed E-state index contributed by atoms with van der Waals surface area (Å²) < 4.78 is 43.3. The number of carbonyl (C=O) groups is 2. The van der Waals surface area contributed by atoms with E-state index < -0.39 is 38.7 Å². The third-order valence-corrected chi connectivity index (χ3v) is 9.39. The lowest BCUT2D eigenvalue weighted by atomic mass is 10.1. The Labute approximate surface area is 329 Å². The summed E-state index contributed by atoms with van der Waals surface area (Å²) in [5.41, 5.74) is 3.76. The van der Waals surface area contributed by atoms with E-state index in [1.807, 2.05) is 55.4 Å². The highest BCUT2D eigenvalue weighted by Crippen LogP contribution is 2.17. The van der Waals surface area contributed by atoms with E-state index in [1.54, 1.807) is 24.3 Å². The van der Waals surface area contributed by atoms with E-state index in [4.69, 9.17) is 4.74 Å². The van der Waals surface area contributed by atoms with Crippen LogP contribution >= 0.6 is 0 Å². The lowest BCUT2D eigenvalue weighted by Crippen LogP contribution is -2.51. The number of allylic oxidation sites excluding steroid dienone is 3. The van der Waals surface area contributed by atoms with Crippen LogP contribution in [0.5, 0.6) is 5.75 Å². The molecule has 0 spiro atoms. The van der Waals surface area contributed by atoms with Crippen LogP contribution in [0, 0.1) is 25.7 Å². The zero-order valence-corrected chi connectivity index (χ0v) is 35.6. The number of terminal acetylenes is 2. The van der Waals surface area contributed by atoms with Crippen molar-refractivity contribution in [3.05, 3.63) is 89.3 Å². The molecule has 10 heteroatoms. The van der Waals surface area contributed by atoms with Crippen LogP contribution in [0.25, 0.3) is 0 Å². The van der Waals surface area contributed by atoms with E-state index in [0.717, 1.165) is 31.4 Å². The minimum atomic E-state index is -3.61. The molecule has 0 radical (unpaired) electrons. The van der Waals surface area contributed by atoms with Gasteiger partial charge in [0.15, 0.2) is 9.84 Å². The number of hydrogen-bond acceptors (Lipinski definition) is 6. The third kappa shape index (κ3) is 27.3. The molecule has 2 aromatic rings. The molecular formula is C44H70FN3O5S. The van der Waals surface area contributed by atoms with Crippen LogP contribution < -0.4 is 20.7 Å². The SMILES string of the molecule is C#C.C#C.C=C(F)C=C(C)C.CC.CC.CCCC(CCC)S(=O)(=O)CC(NC(=O)c1ccc(OC)cc1)C(=O)NCCCNCc1cccc(CC)c1. The predicted molar refractivity (Wildman–Crippen MR) is 229 cm³/mol. The van der Waals surface area contributed by atoms with Gasteiger partial charge in [0.05, 0.1) is 18.1 Å². The molecule has 1 atom stereocenters. The molecule has 54 heavy (non-hydrogen) atoms. The van der Waals surface area contributed by atoms with Gasteiger partial charge in [-0.15, -0.1) is 25.7 Å². The van der Waals surface area contributed by atoms with Gasteiger partial charge in [0, 0.05) is 18.7 Å². The van der Waals surface area contributed by atoms with Crippen molar-refractivity contribution < 1.29 is 27.1 Å². The Morgan fingerprint density at radius 1 is 0.889 bits per heavy atom. The molecule has 0 aliphatic carbocycles. The van der Waals surface area contributed by atoms with Crippen molar-refractivity contribution in [2.45, 2.75) is 119 Å². The maximum Gasteiger partial charge on any atom is 0.251 e. The Morgan fingerprint density at radius 3 is 1.87 bits per heavy atom. The summed E-state index contributed by atoms with van der Waals surface area (Å²) in [6.07, 6.45) is 21.6. The van der Waals surface area contributed by atoms with Crippen LogP contribution in [0.15, 0.2) is 72.6 Å². The van der Waals surface area contributed by atoms with Gasteiger partial charge >= 0.3 is 0 Å². The van der Waals surface area contributed by atoms with Crippen LogP contribution in [0.4, 0.5) is 4.39 Å². The van der Waals surface area contributed by atoms with Crippen molar-refractivity contribution in [3.63, 3.8) is 0 Å². The monoisotopic (exact) mass is 772 g/mol. The number of amides is 2. The summed E-state index contributed by atoms with van der Waals surface area (Å²) in [6, 6.07) is 13.7. The number of aryl methyl sites for hydroxylation is 1. The second-order valence-electron chi connectivity index (χ2n) is 11.4. The smallest absolute Gasteiger partial charge is 0.251 e. The van der Waals surface area contributed by atoms with E-state index >= 15 is 0 Å². The molecule has 0 saturated heterocycles. The molecule has 304 valence electrons. The Hall–Kier alpha value is -4.38. The fourth-order valence-corrected chi connectivity index (χ4v) is 6.90. The highest BCUT2D eigenvalue weighted by Gasteiger charge is 2.32. The van der Waals surface area contributed by atoms with Gasteiger partial charge in [-0.05, 0) is 87.5 Å². The van der Waals surface area contributed by atoms with Crippen molar-refractivity contribution in [2.24, 2.45) is 0 Å². The van der Waals surface area contributed by atoms with Gasteiger partial charge in [0.25, 0.3) is 5.91 Å². The molecule has 1 unspecified atom stereocenters. The summed E-state index contributed by atoms with van der Waals surface area (Å²) in [7, 11) is -2.08. The third-order valence-electron chi connectivity index (χ3n) is 7.11. The second kappa shape index (κ2) is 37.0. The van der Waals surface area contributed by atoms with Crippen molar-refractivity contribution >= 4 is 21.7 Å². The highest BCUT2D eigenvalue weighted by molar-refractivity contribution is 7.92. The molecule has 0 bridgehead atoms. The van der Waals surface area contributed by atoms with Crippen molar-refractivity contribution in [2.75, 3.05) is 26.0 Å². The first-order valence-electron chi connectivity index (χ1n) is 18.7. The summed E-state index contributed by atoms with van der Waals surface area (Å²) >= 11 is 0. The Bertz CT molecular complexity index is 1440. The molecule has 0 aliphatic heterocycles. The first-order valence-corrected chi connectivity index (χ1v) is 20.5. The predicted octanol–water partition coefficient (Wildman–Crippen LogP) is 9.02. The highest BCUT2D eigenvalue weighted by atomic mass is 32.2. The van der Waals surface area contributed by atoms with E-state index in [-0.39, 0.29) is 5.83 Å². The fourth-order valence-electron chi connectivity index (χ4n) is 4.74. The number of halogens is 1. The molecule has 2 aromatic carbocycles. The Morgan fingerprint density at radius 2 is 1.43 bits per heavy atom. The summed E-state index contributed by atoms with van der Waals surface area (Å²) in [5, 5.41) is 8.33. The summed E-state index contributed by atoms with van der Waals surface area (Å²) in [4.78, 5) is 26.0. The quantitative estimate of drug-likeness (QED) is 0.0747. The van der Waals surface area contributed by atoms with Crippen LogP contribution in [-0.2, 0) is 27.6 Å². The molecule has 0 fully saturated rings. The van der Waals surface area contributed by atoms with Crippen LogP contribution in [0.2, 0.25) is 0 Å². The van der Waals surface area contributed by atoms with E-state index in [2.05, 4.69) is 79.4 Å². The van der Waals surface area contributed by atoms with Gasteiger partial charge in [-0.3, -0.25) is 9.59 Å². The van der Waals surface area contributed by atoms with E-state index in [0.29, 0.717) is 43.7 Å². The lowest BCUT2D eigenvalue weighted by Gasteiger charge is -2.22. The van der Waals surface area contributed by atoms with Crippen LogP contribution in [0.1, 0.15) is 116 Å². The minimum Gasteiger partial charge on any atom is -0.497 e. The number of carbonyl (C=O) groups excluding carboxylic acids is 2. The lowest BCUT2D eigenvalue weighted by molar-refractivity contribution is -0.122. The number of benzene rings is 2. The molecule has 0 saturated carbocycles. The Balaban J connectivity index is -0.000000718. The standard InChI is InChI=1S/C30H45N3O5S.C6H9F.2C2H6.2C2H2/c1-5-10-27(11-6-2)39(36,37)22-28(33-29(34)25-14-16-26(38-4)17-15-25)30(35)32-19-9-18-31-21-24-13-8-12-23(7-3)20-24;1-5(2)4-6(3)7;4*1-2/h8,12-17,20,27-28,31H,5-7,9-11,18-19,21-22H2,1-4H3,(H,32,35)(H,33,34);4H,3H2,1-2H3;2*1-2H3;2*1-2H. The maximum atomic E-state index is 13.3. The van der Waals surface area contributed by atoms with Gasteiger partial charge in [-0.1, -0.05) is 97.7 Å². The van der Waals surface area contributed by atoms with Gasteiger partial charge in [0.2, 0.25) is 5.91 Å². The topological polar surface area (TPSA) is 114 Å². The number of ether oxygens (including phenoxy) is 1. The van der Waals surface area contributed by atoms with Gasteiger partial charge in [0.1, 0.15) is 17.6 Å². The van der Waals surface area contributed by atoms with Gasteiger partial charge in [-0.25, -0.2) is 12.8 Å². The molecule has 2 rings (SSSR count). The number of rotatable bonds is 19. The van der Waals surface area contributed by atoms with Crippen LogP contribution in [-0.4, -0.2) is 57.5 Å². The molecule has 0 aliphatic rings. The number of sulfone groups is 1.